The molecule has 0 amide bonds. The molecule has 0 aromatic carbocycles. The number of hydrogen-bond acceptors (Lipinski definition) is 4. The van der Waals surface area contributed by atoms with Crippen molar-refractivity contribution < 1.29 is 31.2 Å². The maximum absolute atomic E-state index is 12.2. The molecule has 0 saturated heterocycles. The van der Waals surface area contributed by atoms with Gasteiger partial charge in [0.1, 0.15) is 13.4 Å². The van der Waals surface area contributed by atoms with E-state index in [1.165, 1.54) is 7.11 Å². The van der Waals surface area contributed by atoms with E-state index in [0.29, 0.717) is 0 Å². The average Bonchev–Trinajstić information content (AvgIpc) is 1.85. The Morgan fingerprint density at radius 3 is 2.33 bits per heavy atom. The molecule has 0 aliphatic rings. The summed E-state index contributed by atoms with van der Waals surface area (Å²) in [5.41, 5.74) is 0. The Balaban J connectivity index is 4.06. The highest BCUT2D eigenvalue weighted by Crippen LogP contribution is 2.20. The fourth-order valence-electron chi connectivity index (χ4n) is 0.318. The van der Waals surface area contributed by atoms with Crippen molar-refractivity contribution in [2.45, 2.75) is 5.25 Å². The molecule has 0 atom stereocenters. The standard InChI is InChI=1S/C4H8F2O5S/c1-10-3-11-2-4(5,6)12(7,8)9/h2-3H2,1H3,(H,7,8,9). The van der Waals surface area contributed by atoms with E-state index < -0.39 is 28.8 Å². The van der Waals surface area contributed by atoms with Crippen molar-refractivity contribution in [3.63, 3.8) is 0 Å². The van der Waals surface area contributed by atoms with Gasteiger partial charge in [0.25, 0.3) is 0 Å². The zero-order valence-corrected chi connectivity index (χ0v) is 6.98. The molecule has 0 saturated carbocycles. The lowest BCUT2D eigenvalue weighted by Gasteiger charge is -2.11. The van der Waals surface area contributed by atoms with Gasteiger partial charge in [-0.1, -0.05) is 0 Å². The van der Waals surface area contributed by atoms with Gasteiger partial charge in [-0.15, -0.1) is 0 Å². The van der Waals surface area contributed by atoms with Crippen molar-refractivity contribution >= 4 is 10.1 Å². The third-order valence-corrected chi connectivity index (χ3v) is 1.72. The summed E-state index contributed by atoms with van der Waals surface area (Å²) in [4.78, 5) is 0. The van der Waals surface area contributed by atoms with Crippen molar-refractivity contribution in [3.8, 4) is 0 Å². The minimum absolute atomic E-state index is 0.467. The molecule has 0 rings (SSSR count). The molecule has 8 heteroatoms. The molecule has 0 fully saturated rings. The van der Waals surface area contributed by atoms with Crippen LogP contribution in [0.1, 0.15) is 0 Å². The van der Waals surface area contributed by atoms with Gasteiger partial charge in [-0.05, 0) is 0 Å². The van der Waals surface area contributed by atoms with E-state index in [1.54, 1.807) is 0 Å². The second kappa shape index (κ2) is 4.08. The molecule has 0 spiro atoms. The van der Waals surface area contributed by atoms with Crippen LogP contribution in [0.3, 0.4) is 0 Å². The van der Waals surface area contributed by atoms with E-state index in [-0.39, 0.29) is 0 Å². The van der Waals surface area contributed by atoms with Crippen molar-refractivity contribution in [3.05, 3.63) is 0 Å². The highest BCUT2D eigenvalue weighted by molar-refractivity contribution is 7.86. The van der Waals surface area contributed by atoms with Gasteiger partial charge in [-0.2, -0.15) is 17.2 Å². The minimum atomic E-state index is -5.40. The summed E-state index contributed by atoms with van der Waals surface area (Å²) >= 11 is 0. The van der Waals surface area contributed by atoms with Crippen molar-refractivity contribution in [2.24, 2.45) is 0 Å². The number of halogens is 2. The first-order valence-corrected chi connectivity index (χ1v) is 4.17. The fraction of sp³-hybridized carbons (Fsp3) is 1.00. The molecular formula is C4H8F2O5S. The largest absolute Gasteiger partial charge is 0.392 e. The highest BCUT2D eigenvalue weighted by Gasteiger charge is 2.44. The van der Waals surface area contributed by atoms with Crippen molar-refractivity contribution in [1.29, 1.82) is 0 Å². The van der Waals surface area contributed by atoms with Crippen molar-refractivity contribution in [1.82, 2.24) is 0 Å². The van der Waals surface area contributed by atoms with E-state index in [4.69, 9.17) is 4.55 Å². The van der Waals surface area contributed by atoms with Gasteiger partial charge in [0.05, 0.1) is 0 Å². The predicted molar refractivity (Wildman–Crippen MR) is 34.3 cm³/mol. The van der Waals surface area contributed by atoms with Crippen LogP contribution in [-0.2, 0) is 19.6 Å². The number of hydrogen-bond donors (Lipinski definition) is 1. The zero-order chi connectivity index (χ0) is 9.83. The first-order valence-electron chi connectivity index (χ1n) is 2.73. The van der Waals surface area contributed by atoms with E-state index in [0.717, 1.165) is 0 Å². The van der Waals surface area contributed by atoms with Crippen LogP contribution in [-0.4, -0.2) is 38.7 Å². The molecule has 0 radical (unpaired) electrons. The number of ether oxygens (including phenoxy) is 2. The molecule has 1 N–H and O–H groups in total. The lowest BCUT2D eigenvalue weighted by Crippen LogP contribution is -2.33. The van der Waals surface area contributed by atoms with E-state index in [2.05, 4.69) is 9.47 Å². The summed E-state index contributed by atoms with van der Waals surface area (Å²) in [6.45, 7) is -1.90. The van der Waals surface area contributed by atoms with Crippen LogP contribution in [0.4, 0.5) is 8.78 Å². The Morgan fingerprint density at radius 2 is 2.00 bits per heavy atom. The van der Waals surface area contributed by atoms with Gasteiger partial charge in [0, 0.05) is 7.11 Å². The minimum Gasteiger partial charge on any atom is -0.359 e. The molecule has 74 valence electrons. The van der Waals surface area contributed by atoms with E-state index >= 15 is 0 Å². The van der Waals surface area contributed by atoms with Crippen LogP contribution in [0.2, 0.25) is 0 Å². The summed E-state index contributed by atoms with van der Waals surface area (Å²) in [6, 6.07) is 0. The first-order chi connectivity index (χ1) is 5.31. The molecule has 12 heavy (non-hydrogen) atoms. The SMILES string of the molecule is COCOCC(F)(F)S(=O)(=O)O. The first kappa shape index (κ1) is 11.7. The second-order valence-corrected chi connectivity index (χ2v) is 3.41. The van der Waals surface area contributed by atoms with E-state index in [1.807, 2.05) is 0 Å². The Labute approximate surface area is 68.0 Å². The van der Waals surface area contributed by atoms with Crippen LogP contribution in [0.5, 0.6) is 0 Å². The third kappa shape index (κ3) is 3.39. The quantitative estimate of drug-likeness (QED) is 0.392. The lowest BCUT2D eigenvalue weighted by atomic mass is 10.7. The summed E-state index contributed by atoms with van der Waals surface area (Å²) in [5, 5.41) is -4.29. The third-order valence-electron chi connectivity index (χ3n) is 0.849. The topological polar surface area (TPSA) is 72.8 Å². The van der Waals surface area contributed by atoms with Crippen LogP contribution in [0, 0.1) is 0 Å². The van der Waals surface area contributed by atoms with Gasteiger partial charge in [0.15, 0.2) is 0 Å². The molecular weight excluding hydrogens is 198 g/mol. The maximum Gasteiger partial charge on any atom is 0.392 e. The number of rotatable bonds is 5. The predicted octanol–water partition coefficient (Wildman–Crippen LogP) is 0.0875. The van der Waals surface area contributed by atoms with Gasteiger partial charge in [-0.3, -0.25) is 4.55 Å². The second-order valence-electron chi connectivity index (χ2n) is 1.87. The Morgan fingerprint density at radius 1 is 1.50 bits per heavy atom. The maximum atomic E-state index is 12.2. The van der Waals surface area contributed by atoms with Gasteiger partial charge >= 0.3 is 15.4 Å². The molecule has 0 aliphatic heterocycles. The zero-order valence-electron chi connectivity index (χ0n) is 6.16. The number of methoxy groups -OCH3 is 1. The Kier molecular flexibility index (Phi) is 3.97. The molecule has 5 nitrogen and oxygen atoms in total. The molecule has 0 aromatic rings. The smallest absolute Gasteiger partial charge is 0.359 e. The summed E-state index contributed by atoms with van der Waals surface area (Å²) in [5.74, 6) is 0. The van der Waals surface area contributed by atoms with Crippen LogP contribution in [0.15, 0.2) is 0 Å². The summed E-state index contributed by atoms with van der Waals surface area (Å²) in [7, 11) is -4.21. The Hall–Kier alpha value is -0.310. The lowest BCUT2D eigenvalue weighted by molar-refractivity contribution is -0.0875. The number of alkyl halides is 2. The fourth-order valence-corrected chi connectivity index (χ4v) is 0.551. The molecule has 0 heterocycles. The van der Waals surface area contributed by atoms with Crippen LogP contribution in [0.25, 0.3) is 0 Å². The van der Waals surface area contributed by atoms with E-state index in [9.17, 15) is 17.2 Å². The van der Waals surface area contributed by atoms with Crippen molar-refractivity contribution in [2.75, 3.05) is 20.5 Å². The molecule has 0 aliphatic carbocycles. The monoisotopic (exact) mass is 206 g/mol. The van der Waals surface area contributed by atoms with Gasteiger partial charge < -0.3 is 9.47 Å². The molecule has 0 unspecified atom stereocenters. The molecule has 0 aromatic heterocycles. The summed E-state index contributed by atoms with van der Waals surface area (Å²) < 4.78 is 60.6. The van der Waals surface area contributed by atoms with Gasteiger partial charge in [0.2, 0.25) is 0 Å². The highest BCUT2D eigenvalue weighted by atomic mass is 32.2. The normalized spacial score (nSPS) is 13.3. The van der Waals surface area contributed by atoms with Crippen LogP contribution < -0.4 is 0 Å². The summed E-state index contributed by atoms with van der Waals surface area (Å²) in [6.07, 6.45) is 0. The molecule has 0 bridgehead atoms. The van der Waals surface area contributed by atoms with Gasteiger partial charge in [-0.25, -0.2) is 0 Å². The average molecular weight is 206 g/mol. The Bertz CT molecular complexity index is 224. The van der Waals surface area contributed by atoms with Crippen LogP contribution >= 0.6 is 0 Å².